The van der Waals surface area contributed by atoms with Crippen molar-refractivity contribution in [3.8, 4) is 10.4 Å². The van der Waals surface area contributed by atoms with Crippen LogP contribution in [0, 0.1) is 0 Å². The number of thiophene rings is 1. The molecule has 1 aromatic carbocycles. The monoisotopic (exact) mass is 310 g/mol. The normalized spacial score (nSPS) is 15.9. The summed E-state index contributed by atoms with van der Waals surface area (Å²) in [5, 5.41) is 4.54. The van der Waals surface area contributed by atoms with Crippen LogP contribution in [0.25, 0.3) is 20.7 Å². The molecule has 0 radical (unpaired) electrons. The molecular formula is C17H18N4S. The second-order valence-electron chi connectivity index (χ2n) is 5.50. The summed E-state index contributed by atoms with van der Waals surface area (Å²) in [4.78, 5) is 14.0. The van der Waals surface area contributed by atoms with E-state index in [0.717, 1.165) is 48.8 Å². The largest absolute Gasteiger partial charge is 0.339 e. The van der Waals surface area contributed by atoms with Crippen molar-refractivity contribution in [2.75, 3.05) is 31.1 Å². The molecule has 0 aliphatic carbocycles. The number of hydrogen-bond donors (Lipinski definition) is 1. The lowest BCUT2D eigenvalue weighted by atomic mass is 10.2. The fourth-order valence-corrected chi connectivity index (χ4v) is 3.77. The summed E-state index contributed by atoms with van der Waals surface area (Å²) < 4.78 is 0. The van der Waals surface area contributed by atoms with E-state index in [4.69, 9.17) is 4.98 Å². The molecule has 1 N–H and O–H groups in total. The van der Waals surface area contributed by atoms with E-state index >= 15 is 0 Å². The van der Waals surface area contributed by atoms with Gasteiger partial charge in [-0.2, -0.15) is 0 Å². The zero-order chi connectivity index (χ0) is 14.8. The molecule has 0 unspecified atom stereocenters. The van der Waals surface area contributed by atoms with Crippen LogP contribution < -0.4 is 10.2 Å². The Hall–Kier alpha value is -1.98. The Balaban J connectivity index is 1.69. The van der Waals surface area contributed by atoms with E-state index in [0.29, 0.717) is 0 Å². The lowest BCUT2D eigenvalue weighted by molar-refractivity contribution is 0.724. The van der Waals surface area contributed by atoms with Crippen LogP contribution in [0.4, 0.5) is 5.95 Å². The number of nitrogens with zero attached hydrogens (tertiary/aromatic N) is 3. The maximum atomic E-state index is 4.79. The van der Waals surface area contributed by atoms with Gasteiger partial charge in [-0.15, -0.1) is 11.3 Å². The molecule has 4 nitrogen and oxygen atoms in total. The van der Waals surface area contributed by atoms with Crippen LogP contribution in [0.3, 0.4) is 0 Å². The number of aromatic nitrogens is 2. The Morgan fingerprint density at radius 1 is 1.09 bits per heavy atom. The second-order valence-corrected chi connectivity index (χ2v) is 6.53. The molecule has 0 spiro atoms. The van der Waals surface area contributed by atoms with Crippen LogP contribution >= 0.6 is 11.3 Å². The molecule has 3 aromatic rings. The summed E-state index contributed by atoms with van der Waals surface area (Å²) in [6.45, 7) is 4.08. The molecule has 112 valence electrons. The highest BCUT2D eigenvalue weighted by Gasteiger charge is 2.14. The summed E-state index contributed by atoms with van der Waals surface area (Å²) >= 11 is 1.74. The first-order valence-corrected chi connectivity index (χ1v) is 8.49. The van der Waals surface area contributed by atoms with Gasteiger partial charge in [-0.05, 0) is 24.6 Å². The molecule has 22 heavy (non-hydrogen) atoms. The molecule has 5 heteroatoms. The molecule has 0 saturated carbocycles. The third-order valence-electron chi connectivity index (χ3n) is 3.94. The van der Waals surface area contributed by atoms with Crippen LogP contribution in [-0.4, -0.2) is 36.1 Å². The summed E-state index contributed by atoms with van der Waals surface area (Å²) in [7, 11) is 0. The summed E-state index contributed by atoms with van der Waals surface area (Å²) in [5.41, 5.74) is 1.24. The molecule has 0 bridgehead atoms. The zero-order valence-electron chi connectivity index (χ0n) is 12.3. The Labute approximate surface area is 133 Å². The van der Waals surface area contributed by atoms with Crippen molar-refractivity contribution < 1.29 is 0 Å². The highest BCUT2D eigenvalue weighted by Crippen LogP contribution is 2.32. The van der Waals surface area contributed by atoms with Crippen molar-refractivity contribution in [3.05, 3.63) is 42.6 Å². The average Bonchev–Trinajstić information content (AvgIpc) is 2.81. The van der Waals surface area contributed by atoms with E-state index in [1.807, 2.05) is 12.3 Å². The molecule has 2 aromatic heterocycles. The smallest absolute Gasteiger partial charge is 0.226 e. The van der Waals surface area contributed by atoms with Crippen LogP contribution in [0.1, 0.15) is 6.42 Å². The van der Waals surface area contributed by atoms with Crippen molar-refractivity contribution in [3.63, 3.8) is 0 Å². The minimum atomic E-state index is 0.859. The van der Waals surface area contributed by atoms with Gasteiger partial charge in [0.2, 0.25) is 5.95 Å². The van der Waals surface area contributed by atoms with E-state index in [-0.39, 0.29) is 0 Å². The maximum Gasteiger partial charge on any atom is 0.226 e. The van der Waals surface area contributed by atoms with Gasteiger partial charge in [-0.3, -0.25) is 0 Å². The Morgan fingerprint density at radius 2 is 2.00 bits per heavy atom. The first-order valence-electron chi connectivity index (χ1n) is 7.68. The molecular weight excluding hydrogens is 292 g/mol. The van der Waals surface area contributed by atoms with E-state index in [2.05, 4.69) is 45.5 Å². The van der Waals surface area contributed by atoms with Crippen LogP contribution in [0.15, 0.2) is 42.6 Å². The molecule has 1 aliphatic rings. The third kappa shape index (κ3) is 2.69. The minimum absolute atomic E-state index is 0.859. The van der Waals surface area contributed by atoms with Gasteiger partial charge in [-0.1, -0.05) is 30.3 Å². The number of nitrogens with one attached hydrogen (secondary N) is 1. The first-order chi connectivity index (χ1) is 10.9. The van der Waals surface area contributed by atoms with Crippen LogP contribution in [0.2, 0.25) is 0 Å². The van der Waals surface area contributed by atoms with Gasteiger partial charge in [0.05, 0.1) is 0 Å². The van der Waals surface area contributed by atoms with Crippen molar-refractivity contribution in [2.45, 2.75) is 6.42 Å². The fraction of sp³-hybridized carbons (Fsp3) is 0.294. The van der Waals surface area contributed by atoms with Crippen LogP contribution in [0.5, 0.6) is 0 Å². The highest BCUT2D eigenvalue weighted by atomic mass is 32.1. The lowest BCUT2D eigenvalue weighted by Crippen LogP contribution is -2.29. The average molecular weight is 310 g/mol. The highest BCUT2D eigenvalue weighted by molar-refractivity contribution is 7.21. The Kier molecular flexibility index (Phi) is 3.74. The molecule has 4 rings (SSSR count). The standard InChI is InChI=1S/C17H18N4S/c1-2-5-13(6-3-1)15-11-14-12-19-17(20-16(14)22-15)21-9-4-7-18-8-10-21/h1-3,5-6,11-12,18H,4,7-10H2. The number of anilines is 1. The molecule has 3 heterocycles. The third-order valence-corrected chi connectivity index (χ3v) is 5.04. The number of benzene rings is 1. The predicted octanol–water partition coefficient (Wildman–Crippen LogP) is 3.16. The molecule has 0 atom stereocenters. The Morgan fingerprint density at radius 3 is 2.91 bits per heavy atom. The lowest BCUT2D eigenvalue weighted by Gasteiger charge is -2.19. The maximum absolute atomic E-state index is 4.79. The van der Waals surface area contributed by atoms with E-state index in [9.17, 15) is 0 Å². The van der Waals surface area contributed by atoms with E-state index in [1.54, 1.807) is 11.3 Å². The van der Waals surface area contributed by atoms with Gasteiger partial charge in [0.25, 0.3) is 0 Å². The summed E-state index contributed by atoms with van der Waals surface area (Å²) in [6.07, 6.45) is 3.10. The number of hydrogen-bond acceptors (Lipinski definition) is 5. The van der Waals surface area contributed by atoms with E-state index in [1.165, 1.54) is 10.4 Å². The van der Waals surface area contributed by atoms with E-state index < -0.39 is 0 Å². The van der Waals surface area contributed by atoms with Crippen molar-refractivity contribution >= 4 is 27.5 Å². The zero-order valence-corrected chi connectivity index (χ0v) is 13.1. The summed E-state index contributed by atoms with van der Waals surface area (Å²) in [5.74, 6) is 0.859. The van der Waals surface area contributed by atoms with Crippen molar-refractivity contribution in [1.29, 1.82) is 0 Å². The summed E-state index contributed by atoms with van der Waals surface area (Å²) in [6, 6.07) is 12.6. The molecule has 1 saturated heterocycles. The molecule has 1 fully saturated rings. The van der Waals surface area contributed by atoms with Gasteiger partial charge in [-0.25, -0.2) is 9.97 Å². The molecule has 1 aliphatic heterocycles. The number of rotatable bonds is 2. The fourth-order valence-electron chi connectivity index (χ4n) is 2.77. The van der Waals surface area contributed by atoms with Gasteiger partial charge >= 0.3 is 0 Å². The second kappa shape index (κ2) is 6.02. The van der Waals surface area contributed by atoms with Gasteiger partial charge in [0, 0.05) is 36.1 Å². The van der Waals surface area contributed by atoms with Gasteiger partial charge in [0.15, 0.2) is 0 Å². The predicted molar refractivity (Wildman–Crippen MR) is 92.6 cm³/mol. The SMILES string of the molecule is c1ccc(-c2cc3cnc(N4CCCNCC4)nc3s2)cc1. The number of fused-ring (bicyclic) bond motifs is 1. The van der Waals surface area contributed by atoms with Crippen molar-refractivity contribution in [1.82, 2.24) is 15.3 Å². The minimum Gasteiger partial charge on any atom is -0.339 e. The Bertz CT molecular complexity index is 761. The van der Waals surface area contributed by atoms with Crippen molar-refractivity contribution in [2.24, 2.45) is 0 Å². The van der Waals surface area contributed by atoms with Gasteiger partial charge < -0.3 is 10.2 Å². The van der Waals surface area contributed by atoms with Gasteiger partial charge in [0.1, 0.15) is 4.83 Å². The first kappa shape index (κ1) is 13.7. The molecule has 0 amide bonds. The topological polar surface area (TPSA) is 41.1 Å². The quantitative estimate of drug-likeness (QED) is 0.789. The van der Waals surface area contributed by atoms with Crippen LogP contribution in [-0.2, 0) is 0 Å².